The van der Waals surface area contributed by atoms with Crippen LogP contribution < -0.4 is 10.2 Å². The fraction of sp³-hybridized carbons (Fsp3) is 0.444. The van der Waals surface area contributed by atoms with E-state index in [9.17, 15) is 13.2 Å². The van der Waals surface area contributed by atoms with Crippen LogP contribution in [0.15, 0.2) is 4.90 Å². The number of halogens is 2. The average molecular weight is 344 g/mol. The number of urea groups is 1. The SMILES string of the molecule is CCNC(=O)N1CN(C)c2c(Cl)sc(Cl)c2S1(=O)=O. The Morgan fingerprint density at radius 2 is 2.05 bits per heavy atom. The molecule has 0 saturated carbocycles. The first-order valence-electron chi connectivity index (χ1n) is 5.30. The van der Waals surface area contributed by atoms with E-state index >= 15 is 0 Å². The van der Waals surface area contributed by atoms with Crippen LogP contribution >= 0.6 is 34.5 Å². The van der Waals surface area contributed by atoms with Gasteiger partial charge in [0.2, 0.25) is 0 Å². The molecule has 19 heavy (non-hydrogen) atoms. The molecule has 1 aliphatic heterocycles. The zero-order valence-electron chi connectivity index (χ0n) is 10.1. The van der Waals surface area contributed by atoms with Crippen LogP contribution in [0, 0.1) is 0 Å². The largest absolute Gasteiger partial charge is 0.353 e. The first-order chi connectivity index (χ1) is 8.80. The lowest BCUT2D eigenvalue weighted by atomic mass is 10.5. The molecule has 1 aliphatic rings. The molecule has 0 spiro atoms. The molecule has 0 atom stereocenters. The molecule has 0 fully saturated rings. The maximum atomic E-state index is 12.4. The van der Waals surface area contributed by atoms with E-state index in [-0.39, 0.29) is 15.9 Å². The maximum Gasteiger partial charge on any atom is 0.332 e. The summed E-state index contributed by atoms with van der Waals surface area (Å²) in [5, 5.41) is 2.46. The van der Waals surface area contributed by atoms with Crippen LogP contribution in [0.2, 0.25) is 8.67 Å². The molecular weight excluding hydrogens is 333 g/mol. The minimum atomic E-state index is -3.97. The Bertz CT molecular complexity index is 629. The first kappa shape index (κ1) is 14.7. The summed E-state index contributed by atoms with van der Waals surface area (Å²) in [4.78, 5) is 13.3. The van der Waals surface area contributed by atoms with Crippen LogP contribution in [-0.4, -0.2) is 39.0 Å². The fourth-order valence-corrected chi connectivity index (χ4v) is 5.76. The van der Waals surface area contributed by atoms with Gasteiger partial charge in [0.25, 0.3) is 10.0 Å². The van der Waals surface area contributed by atoms with Crippen molar-refractivity contribution in [2.24, 2.45) is 0 Å². The van der Waals surface area contributed by atoms with Gasteiger partial charge in [-0.3, -0.25) is 0 Å². The quantitative estimate of drug-likeness (QED) is 0.848. The van der Waals surface area contributed by atoms with Crippen molar-refractivity contribution in [2.75, 3.05) is 25.2 Å². The Hall–Kier alpha value is -0.700. The molecule has 106 valence electrons. The Labute approximate surface area is 124 Å². The minimum Gasteiger partial charge on any atom is -0.353 e. The van der Waals surface area contributed by atoms with Crippen molar-refractivity contribution in [3.8, 4) is 0 Å². The first-order valence-corrected chi connectivity index (χ1v) is 8.31. The van der Waals surface area contributed by atoms with E-state index in [1.54, 1.807) is 18.9 Å². The third kappa shape index (κ3) is 2.26. The van der Waals surface area contributed by atoms with E-state index in [0.717, 1.165) is 15.6 Å². The summed E-state index contributed by atoms with van der Waals surface area (Å²) in [6.07, 6.45) is 0. The third-order valence-electron chi connectivity index (χ3n) is 2.58. The molecule has 2 amide bonds. The molecule has 1 aromatic rings. The van der Waals surface area contributed by atoms with Crippen molar-refractivity contribution in [1.29, 1.82) is 0 Å². The number of hydrogen-bond acceptors (Lipinski definition) is 5. The molecule has 1 N–H and O–H groups in total. The highest BCUT2D eigenvalue weighted by Crippen LogP contribution is 2.48. The van der Waals surface area contributed by atoms with Crippen molar-refractivity contribution in [3.63, 3.8) is 0 Å². The summed E-state index contributed by atoms with van der Waals surface area (Å²) < 4.78 is 25.9. The molecule has 1 aromatic heterocycles. The van der Waals surface area contributed by atoms with E-state index in [4.69, 9.17) is 23.2 Å². The molecule has 2 heterocycles. The zero-order chi connectivity index (χ0) is 14.4. The number of rotatable bonds is 1. The standard InChI is InChI=1S/C9H11Cl2N3O3S2/c1-3-12-9(15)14-4-13(2)5-6(19(14,16)17)8(11)18-7(5)10/h3-4H2,1-2H3,(H,12,15). The van der Waals surface area contributed by atoms with Gasteiger partial charge >= 0.3 is 6.03 Å². The second kappa shape index (κ2) is 5.01. The number of nitrogens with one attached hydrogen (secondary N) is 1. The van der Waals surface area contributed by atoms with Gasteiger partial charge < -0.3 is 10.2 Å². The predicted molar refractivity (Wildman–Crippen MR) is 75.7 cm³/mol. The molecule has 10 heteroatoms. The topological polar surface area (TPSA) is 69.7 Å². The molecule has 0 bridgehead atoms. The van der Waals surface area contributed by atoms with Gasteiger partial charge in [-0.25, -0.2) is 13.2 Å². The number of sulfonamides is 1. The Balaban J connectivity index is 2.58. The summed E-state index contributed by atoms with van der Waals surface area (Å²) in [7, 11) is -2.33. The lowest BCUT2D eigenvalue weighted by molar-refractivity contribution is 0.223. The Kier molecular flexibility index (Phi) is 3.87. The number of carbonyl (C=O) groups is 1. The van der Waals surface area contributed by atoms with Gasteiger partial charge in [-0.2, -0.15) is 4.31 Å². The van der Waals surface area contributed by atoms with Crippen LogP contribution in [-0.2, 0) is 10.0 Å². The summed E-state index contributed by atoms with van der Waals surface area (Å²) in [5.74, 6) is 0. The molecule has 6 nitrogen and oxygen atoms in total. The van der Waals surface area contributed by atoms with Crippen molar-refractivity contribution in [3.05, 3.63) is 8.67 Å². The molecule has 0 unspecified atom stereocenters. The van der Waals surface area contributed by atoms with Crippen LogP contribution in [0.3, 0.4) is 0 Å². The smallest absolute Gasteiger partial charge is 0.332 e. The number of thiophene rings is 1. The number of hydrogen-bond donors (Lipinski definition) is 1. The maximum absolute atomic E-state index is 12.4. The molecule has 0 aliphatic carbocycles. The van der Waals surface area contributed by atoms with Gasteiger partial charge in [0.1, 0.15) is 20.2 Å². The van der Waals surface area contributed by atoms with Gasteiger partial charge in [0, 0.05) is 13.6 Å². The molecular formula is C9H11Cl2N3O3S2. The van der Waals surface area contributed by atoms with Crippen molar-refractivity contribution in [1.82, 2.24) is 9.62 Å². The average Bonchev–Trinajstić information content (AvgIpc) is 2.60. The fourth-order valence-electron chi connectivity index (χ4n) is 1.77. The van der Waals surface area contributed by atoms with Crippen LogP contribution in [0.25, 0.3) is 0 Å². The number of fused-ring (bicyclic) bond motifs is 1. The van der Waals surface area contributed by atoms with E-state index in [1.807, 2.05) is 0 Å². The second-order valence-electron chi connectivity index (χ2n) is 3.86. The number of nitrogens with zero attached hydrogens (tertiary/aromatic N) is 2. The van der Waals surface area contributed by atoms with Crippen LogP contribution in [0.4, 0.5) is 10.5 Å². The van der Waals surface area contributed by atoms with E-state index in [1.165, 1.54) is 0 Å². The predicted octanol–water partition coefficient (Wildman–Crippen LogP) is 2.18. The van der Waals surface area contributed by atoms with E-state index in [2.05, 4.69) is 5.32 Å². The highest BCUT2D eigenvalue weighted by Gasteiger charge is 2.41. The molecule has 0 saturated heterocycles. The highest BCUT2D eigenvalue weighted by molar-refractivity contribution is 7.90. The van der Waals surface area contributed by atoms with Crippen LogP contribution in [0.5, 0.6) is 0 Å². The van der Waals surface area contributed by atoms with Crippen LogP contribution in [0.1, 0.15) is 6.92 Å². The lowest BCUT2D eigenvalue weighted by Crippen LogP contribution is -2.51. The van der Waals surface area contributed by atoms with Crippen molar-refractivity contribution in [2.45, 2.75) is 11.8 Å². The highest BCUT2D eigenvalue weighted by atomic mass is 35.5. The summed E-state index contributed by atoms with van der Waals surface area (Å²) >= 11 is 12.9. The van der Waals surface area contributed by atoms with E-state index in [0.29, 0.717) is 16.6 Å². The molecule has 2 rings (SSSR count). The number of amides is 2. The summed E-state index contributed by atoms with van der Waals surface area (Å²) in [6.45, 7) is 1.94. The van der Waals surface area contributed by atoms with Gasteiger partial charge in [0.05, 0.1) is 5.69 Å². The minimum absolute atomic E-state index is 0.0563. The number of carbonyl (C=O) groups excluding carboxylic acids is 1. The third-order valence-corrected chi connectivity index (χ3v) is 6.19. The molecule has 0 radical (unpaired) electrons. The molecule has 0 aromatic carbocycles. The van der Waals surface area contributed by atoms with Gasteiger partial charge in [0.15, 0.2) is 0 Å². The Morgan fingerprint density at radius 1 is 1.42 bits per heavy atom. The van der Waals surface area contributed by atoms with Gasteiger partial charge in [-0.05, 0) is 6.92 Å². The zero-order valence-corrected chi connectivity index (χ0v) is 13.3. The van der Waals surface area contributed by atoms with Crippen molar-refractivity contribution < 1.29 is 13.2 Å². The summed E-state index contributed by atoms with van der Waals surface area (Å²) in [6, 6.07) is -0.682. The second-order valence-corrected chi connectivity index (χ2v) is 7.88. The normalized spacial score (nSPS) is 17.3. The lowest BCUT2D eigenvalue weighted by Gasteiger charge is -2.33. The Morgan fingerprint density at radius 3 is 2.63 bits per heavy atom. The van der Waals surface area contributed by atoms with E-state index < -0.39 is 16.1 Å². The van der Waals surface area contributed by atoms with Crippen molar-refractivity contribution >= 4 is 56.3 Å². The van der Waals surface area contributed by atoms with Gasteiger partial charge in [-0.15, -0.1) is 11.3 Å². The summed E-state index contributed by atoms with van der Waals surface area (Å²) in [5.41, 5.74) is 0.345. The monoisotopic (exact) mass is 343 g/mol. The number of anilines is 1. The van der Waals surface area contributed by atoms with Gasteiger partial charge in [-0.1, -0.05) is 23.2 Å².